The largest absolute Gasteiger partial charge is 0.508 e. The maximum Gasteiger partial charge on any atom is 0.117 e. The highest BCUT2D eigenvalue weighted by molar-refractivity contribution is 5.19. The molecule has 0 aromatic heterocycles. The minimum absolute atomic E-state index is 0.270. The fourth-order valence-corrected chi connectivity index (χ4v) is 0.447. The van der Waals surface area contributed by atoms with Gasteiger partial charge in [-0.25, -0.2) is 0 Å². The minimum atomic E-state index is 0.270. The van der Waals surface area contributed by atoms with Crippen LogP contribution < -0.4 is 5.32 Å². The quantitative estimate of drug-likeness (QED) is 0.487. The van der Waals surface area contributed by atoms with Crippen LogP contribution >= 0.6 is 0 Å². The number of hydrogen-bond acceptors (Lipinski definition) is 2. The minimum Gasteiger partial charge on any atom is -0.508 e. The molecular formula is C6H7NO. The van der Waals surface area contributed by atoms with Crippen LogP contribution in [0.1, 0.15) is 0 Å². The Morgan fingerprint density at radius 2 is 2.25 bits per heavy atom. The molecule has 0 spiro atoms. The SMILES string of the molecule is OC1=CC=CNC=C1. The first kappa shape index (κ1) is 4.97. The summed E-state index contributed by atoms with van der Waals surface area (Å²) in [5.41, 5.74) is 0. The molecule has 2 N–H and O–H groups in total. The van der Waals surface area contributed by atoms with Crippen molar-refractivity contribution < 1.29 is 5.11 Å². The molecule has 1 aliphatic rings. The van der Waals surface area contributed by atoms with E-state index in [1.807, 2.05) is 0 Å². The Labute approximate surface area is 47.8 Å². The Balaban J connectivity index is 2.73. The van der Waals surface area contributed by atoms with E-state index in [4.69, 9.17) is 5.11 Å². The van der Waals surface area contributed by atoms with Crippen LogP contribution in [0.2, 0.25) is 0 Å². The van der Waals surface area contributed by atoms with Crippen molar-refractivity contribution in [1.82, 2.24) is 5.32 Å². The molecule has 0 bridgehead atoms. The molecule has 1 rings (SSSR count). The third-order valence-corrected chi connectivity index (χ3v) is 0.810. The molecular weight excluding hydrogens is 102 g/mol. The van der Waals surface area contributed by atoms with Gasteiger partial charge in [0.1, 0.15) is 5.76 Å². The Bertz CT molecular complexity index is 156. The highest BCUT2D eigenvalue weighted by Gasteiger charge is 1.82. The van der Waals surface area contributed by atoms with Gasteiger partial charge in [0, 0.05) is 12.4 Å². The molecule has 0 saturated heterocycles. The lowest BCUT2D eigenvalue weighted by atomic mass is 10.4. The van der Waals surface area contributed by atoms with Crippen LogP contribution in [0.4, 0.5) is 0 Å². The second-order valence-electron chi connectivity index (χ2n) is 1.45. The summed E-state index contributed by atoms with van der Waals surface area (Å²) in [6.45, 7) is 0. The standard InChI is InChI=1S/C6H7NO/c8-6-2-1-4-7-5-3-6/h1-5,7-8H. The van der Waals surface area contributed by atoms with Gasteiger partial charge in [-0.2, -0.15) is 0 Å². The first-order chi connectivity index (χ1) is 3.89. The van der Waals surface area contributed by atoms with Gasteiger partial charge in [0.2, 0.25) is 0 Å². The average Bonchev–Trinajstić information content (AvgIpc) is 1.94. The van der Waals surface area contributed by atoms with Gasteiger partial charge >= 0.3 is 0 Å². The molecule has 0 aromatic rings. The third-order valence-electron chi connectivity index (χ3n) is 0.810. The molecule has 0 atom stereocenters. The second kappa shape index (κ2) is 2.21. The van der Waals surface area contributed by atoms with Crippen molar-refractivity contribution in [3.05, 3.63) is 36.4 Å². The molecule has 0 saturated carbocycles. The number of allylic oxidation sites excluding steroid dienone is 3. The molecule has 0 unspecified atom stereocenters. The summed E-state index contributed by atoms with van der Waals surface area (Å²) in [6.07, 6.45) is 8.32. The zero-order valence-electron chi connectivity index (χ0n) is 4.33. The average molecular weight is 109 g/mol. The van der Waals surface area contributed by atoms with E-state index in [-0.39, 0.29) is 5.76 Å². The first-order valence-electron chi connectivity index (χ1n) is 2.38. The van der Waals surface area contributed by atoms with Crippen molar-refractivity contribution >= 4 is 0 Å². The molecule has 1 aliphatic heterocycles. The van der Waals surface area contributed by atoms with Gasteiger partial charge in [0.05, 0.1) is 0 Å². The number of hydrogen-bond donors (Lipinski definition) is 2. The number of rotatable bonds is 0. The molecule has 1 heterocycles. The summed E-state index contributed by atoms with van der Waals surface area (Å²) >= 11 is 0. The predicted molar refractivity (Wildman–Crippen MR) is 32.1 cm³/mol. The monoisotopic (exact) mass is 109 g/mol. The van der Waals surface area contributed by atoms with E-state index >= 15 is 0 Å². The Hall–Kier alpha value is -1.18. The summed E-state index contributed by atoms with van der Waals surface area (Å²) in [5.74, 6) is 0.270. The van der Waals surface area contributed by atoms with E-state index < -0.39 is 0 Å². The molecule has 0 radical (unpaired) electrons. The predicted octanol–water partition coefficient (Wildman–Crippen LogP) is 1.06. The molecule has 0 aliphatic carbocycles. The molecule has 8 heavy (non-hydrogen) atoms. The lowest BCUT2D eigenvalue weighted by molar-refractivity contribution is 0.432. The molecule has 0 aromatic carbocycles. The van der Waals surface area contributed by atoms with Crippen molar-refractivity contribution in [1.29, 1.82) is 0 Å². The van der Waals surface area contributed by atoms with Crippen LogP contribution in [0.5, 0.6) is 0 Å². The van der Waals surface area contributed by atoms with Crippen molar-refractivity contribution in [3.63, 3.8) is 0 Å². The van der Waals surface area contributed by atoms with Crippen LogP contribution in [-0.4, -0.2) is 5.11 Å². The van der Waals surface area contributed by atoms with Crippen molar-refractivity contribution in [3.8, 4) is 0 Å². The van der Waals surface area contributed by atoms with Crippen LogP contribution in [0.25, 0.3) is 0 Å². The smallest absolute Gasteiger partial charge is 0.117 e. The Kier molecular flexibility index (Phi) is 1.37. The van der Waals surface area contributed by atoms with Crippen LogP contribution in [-0.2, 0) is 0 Å². The topological polar surface area (TPSA) is 32.3 Å². The fraction of sp³-hybridized carbons (Fsp3) is 0. The lowest BCUT2D eigenvalue weighted by Crippen LogP contribution is -1.88. The zero-order chi connectivity index (χ0) is 5.82. The van der Waals surface area contributed by atoms with Crippen molar-refractivity contribution in [2.75, 3.05) is 0 Å². The first-order valence-corrected chi connectivity index (χ1v) is 2.38. The number of aliphatic hydroxyl groups excluding tert-OH is 1. The lowest BCUT2D eigenvalue weighted by Gasteiger charge is -1.82. The highest BCUT2D eigenvalue weighted by atomic mass is 16.3. The van der Waals surface area contributed by atoms with Gasteiger partial charge in [-0.3, -0.25) is 0 Å². The van der Waals surface area contributed by atoms with Gasteiger partial charge in [0.15, 0.2) is 0 Å². The molecule has 0 fully saturated rings. The molecule has 0 amide bonds. The van der Waals surface area contributed by atoms with Crippen LogP contribution in [0, 0.1) is 0 Å². The Morgan fingerprint density at radius 3 is 3.12 bits per heavy atom. The summed E-state index contributed by atoms with van der Waals surface area (Å²) in [7, 11) is 0. The van der Waals surface area contributed by atoms with E-state index in [0.29, 0.717) is 0 Å². The van der Waals surface area contributed by atoms with E-state index in [0.717, 1.165) is 0 Å². The third kappa shape index (κ3) is 1.15. The van der Waals surface area contributed by atoms with Crippen LogP contribution in [0.15, 0.2) is 36.4 Å². The number of nitrogens with one attached hydrogen (secondary N) is 1. The van der Waals surface area contributed by atoms with Crippen LogP contribution in [0.3, 0.4) is 0 Å². The summed E-state index contributed by atoms with van der Waals surface area (Å²) in [5, 5.41) is 11.6. The highest BCUT2D eigenvalue weighted by Crippen LogP contribution is 1.92. The maximum atomic E-state index is 8.77. The van der Waals surface area contributed by atoms with Gasteiger partial charge < -0.3 is 10.4 Å². The van der Waals surface area contributed by atoms with Gasteiger partial charge in [-0.05, 0) is 18.2 Å². The molecule has 2 nitrogen and oxygen atoms in total. The van der Waals surface area contributed by atoms with Gasteiger partial charge in [-0.1, -0.05) is 0 Å². The zero-order valence-corrected chi connectivity index (χ0v) is 4.33. The molecule has 2 heteroatoms. The summed E-state index contributed by atoms with van der Waals surface area (Å²) in [4.78, 5) is 0. The summed E-state index contributed by atoms with van der Waals surface area (Å²) < 4.78 is 0. The number of aliphatic hydroxyl groups is 1. The van der Waals surface area contributed by atoms with E-state index in [1.165, 1.54) is 0 Å². The molecule has 42 valence electrons. The van der Waals surface area contributed by atoms with E-state index in [1.54, 1.807) is 30.6 Å². The van der Waals surface area contributed by atoms with Crippen molar-refractivity contribution in [2.45, 2.75) is 0 Å². The van der Waals surface area contributed by atoms with E-state index in [9.17, 15) is 0 Å². The maximum absolute atomic E-state index is 8.77. The van der Waals surface area contributed by atoms with Crippen molar-refractivity contribution in [2.24, 2.45) is 0 Å². The van der Waals surface area contributed by atoms with Gasteiger partial charge in [-0.15, -0.1) is 0 Å². The fourth-order valence-electron chi connectivity index (χ4n) is 0.447. The normalized spacial score (nSPS) is 16.8. The second-order valence-corrected chi connectivity index (χ2v) is 1.45. The van der Waals surface area contributed by atoms with Gasteiger partial charge in [0.25, 0.3) is 0 Å². The Morgan fingerprint density at radius 1 is 1.38 bits per heavy atom. The van der Waals surface area contributed by atoms with E-state index in [2.05, 4.69) is 5.32 Å². The summed E-state index contributed by atoms with van der Waals surface area (Å²) in [6, 6.07) is 0.